The standard InChI is InChI=1S/C11H9BrClF2N5/c1-20(2)11-18-9(13)17-10(19-11)16-8-4-6(14)5(12)3-7(8)15/h3-4H,1-2H3,(H,16,17,18,19). The summed E-state index contributed by atoms with van der Waals surface area (Å²) in [6.07, 6.45) is 0. The van der Waals surface area contributed by atoms with Crippen LogP contribution in [-0.2, 0) is 0 Å². The van der Waals surface area contributed by atoms with Crippen molar-refractivity contribution in [2.75, 3.05) is 24.3 Å². The van der Waals surface area contributed by atoms with Crippen molar-refractivity contribution in [1.82, 2.24) is 15.0 Å². The van der Waals surface area contributed by atoms with Gasteiger partial charge >= 0.3 is 0 Å². The number of benzene rings is 1. The summed E-state index contributed by atoms with van der Waals surface area (Å²) in [4.78, 5) is 13.3. The van der Waals surface area contributed by atoms with Crippen LogP contribution in [0.4, 0.5) is 26.4 Å². The Morgan fingerprint density at radius 2 is 1.85 bits per heavy atom. The van der Waals surface area contributed by atoms with Gasteiger partial charge in [0.2, 0.25) is 17.2 Å². The van der Waals surface area contributed by atoms with E-state index in [2.05, 4.69) is 36.2 Å². The Kier molecular flexibility index (Phi) is 4.34. The number of anilines is 3. The number of nitrogens with one attached hydrogen (secondary N) is 1. The Labute approximate surface area is 127 Å². The predicted octanol–water partition coefficient (Wildman–Crippen LogP) is 3.38. The number of halogens is 4. The molecule has 0 fully saturated rings. The molecule has 0 bridgehead atoms. The minimum absolute atomic E-state index is 0.0225. The van der Waals surface area contributed by atoms with Gasteiger partial charge in [0.15, 0.2) is 0 Å². The normalized spacial score (nSPS) is 10.5. The van der Waals surface area contributed by atoms with Crippen molar-refractivity contribution in [3.8, 4) is 0 Å². The first-order chi connectivity index (χ1) is 9.36. The lowest BCUT2D eigenvalue weighted by Gasteiger charge is -2.12. The van der Waals surface area contributed by atoms with Crippen molar-refractivity contribution >= 4 is 45.1 Å². The van der Waals surface area contributed by atoms with Gasteiger partial charge in [-0.3, -0.25) is 0 Å². The topological polar surface area (TPSA) is 53.9 Å². The second-order valence-corrected chi connectivity index (χ2v) is 5.19. The van der Waals surface area contributed by atoms with E-state index < -0.39 is 11.6 Å². The van der Waals surface area contributed by atoms with Crippen LogP contribution in [0.15, 0.2) is 16.6 Å². The number of hydrogen-bond acceptors (Lipinski definition) is 5. The minimum Gasteiger partial charge on any atom is -0.347 e. The van der Waals surface area contributed by atoms with Crippen LogP contribution in [0, 0.1) is 11.6 Å². The molecule has 1 N–H and O–H groups in total. The Bertz CT molecular complexity index is 653. The van der Waals surface area contributed by atoms with Gasteiger partial charge in [-0.25, -0.2) is 8.78 Å². The zero-order valence-corrected chi connectivity index (χ0v) is 12.8. The van der Waals surface area contributed by atoms with Crippen LogP contribution in [-0.4, -0.2) is 29.0 Å². The molecule has 106 valence electrons. The molecular weight excluding hydrogens is 356 g/mol. The Balaban J connectivity index is 2.37. The molecule has 0 aliphatic rings. The number of nitrogens with zero attached hydrogens (tertiary/aromatic N) is 4. The maximum atomic E-state index is 13.7. The fourth-order valence-corrected chi connectivity index (χ4v) is 1.81. The maximum absolute atomic E-state index is 13.7. The molecule has 0 saturated heterocycles. The smallest absolute Gasteiger partial charge is 0.233 e. The zero-order valence-electron chi connectivity index (χ0n) is 10.5. The van der Waals surface area contributed by atoms with Crippen LogP contribution in [0.3, 0.4) is 0 Å². The second kappa shape index (κ2) is 5.84. The highest BCUT2D eigenvalue weighted by Crippen LogP contribution is 2.25. The first-order valence-electron chi connectivity index (χ1n) is 5.37. The fraction of sp³-hybridized carbons (Fsp3) is 0.182. The first kappa shape index (κ1) is 14.9. The third-order valence-corrected chi connectivity index (χ3v) is 3.03. The van der Waals surface area contributed by atoms with E-state index in [0.29, 0.717) is 5.95 Å². The molecule has 1 aromatic heterocycles. The van der Waals surface area contributed by atoms with Crippen molar-refractivity contribution in [3.05, 3.63) is 33.5 Å². The maximum Gasteiger partial charge on any atom is 0.233 e. The largest absolute Gasteiger partial charge is 0.347 e. The lowest BCUT2D eigenvalue weighted by Crippen LogP contribution is -2.14. The summed E-state index contributed by atoms with van der Waals surface area (Å²) in [6.45, 7) is 0. The summed E-state index contributed by atoms with van der Waals surface area (Å²) in [5.41, 5.74) is -0.0994. The molecule has 20 heavy (non-hydrogen) atoms. The van der Waals surface area contributed by atoms with Crippen molar-refractivity contribution in [1.29, 1.82) is 0 Å². The molecule has 1 heterocycles. The summed E-state index contributed by atoms with van der Waals surface area (Å²) >= 11 is 8.65. The molecule has 2 aromatic rings. The molecule has 0 spiro atoms. The fourth-order valence-electron chi connectivity index (χ4n) is 1.33. The molecule has 5 nitrogen and oxygen atoms in total. The molecule has 0 radical (unpaired) electrons. The SMILES string of the molecule is CN(C)c1nc(Cl)nc(Nc2cc(F)c(Br)cc2F)n1. The molecule has 1 aromatic carbocycles. The summed E-state index contributed by atoms with van der Waals surface area (Å²) < 4.78 is 27.1. The lowest BCUT2D eigenvalue weighted by atomic mass is 10.3. The van der Waals surface area contributed by atoms with Crippen LogP contribution in [0.2, 0.25) is 5.28 Å². The Morgan fingerprint density at radius 1 is 1.15 bits per heavy atom. The molecule has 0 saturated carbocycles. The van der Waals surface area contributed by atoms with Gasteiger partial charge in [0.1, 0.15) is 11.6 Å². The first-order valence-corrected chi connectivity index (χ1v) is 6.54. The molecule has 0 aliphatic heterocycles. The summed E-state index contributed by atoms with van der Waals surface area (Å²) in [5, 5.41) is 2.52. The van der Waals surface area contributed by atoms with Crippen LogP contribution >= 0.6 is 27.5 Å². The van der Waals surface area contributed by atoms with E-state index >= 15 is 0 Å². The Morgan fingerprint density at radius 3 is 2.50 bits per heavy atom. The van der Waals surface area contributed by atoms with Gasteiger partial charge < -0.3 is 10.2 Å². The van der Waals surface area contributed by atoms with E-state index in [9.17, 15) is 8.78 Å². The molecule has 0 atom stereocenters. The van der Waals surface area contributed by atoms with Crippen LogP contribution in [0.5, 0.6) is 0 Å². The second-order valence-electron chi connectivity index (χ2n) is 3.99. The zero-order chi connectivity index (χ0) is 14.9. The van der Waals surface area contributed by atoms with Gasteiger partial charge in [-0.1, -0.05) is 0 Å². The van der Waals surface area contributed by atoms with E-state index in [1.807, 2.05) is 0 Å². The highest BCUT2D eigenvalue weighted by Gasteiger charge is 2.12. The average Bonchev–Trinajstić information content (AvgIpc) is 2.35. The lowest BCUT2D eigenvalue weighted by molar-refractivity contribution is 0.597. The van der Waals surface area contributed by atoms with E-state index in [-0.39, 0.29) is 21.4 Å². The number of hydrogen-bond donors (Lipinski definition) is 1. The van der Waals surface area contributed by atoms with Gasteiger partial charge in [-0.15, -0.1) is 0 Å². The van der Waals surface area contributed by atoms with Crippen molar-refractivity contribution in [2.24, 2.45) is 0 Å². The van der Waals surface area contributed by atoms with Crippen molar-refractivity contribution in [2.45, 2.75) is 0 Å². The van der Waals surface area contributed by atoms with E-state index in [1.165, 1.54) is 0 Å². The predicted molar refractivity (Wildman–Crippen MR) is 76.5 cm³/mol. The summed E-state index contributed by atoms with van der Waals surface area (Å²) in [6, 6.07) is 2.00. The molecule has 0 aliphatic carbocycles. The van der Waals surface area contributed by atoms with Gasteiger partial charge in [-0.05, 0) is 33.6 Å². The number of rotatable bonds is 3. The minimum atomic E-state index is -0.652. The highest BCUT2D eigenvalue weighted by molar-refractivity contribution is 9.10. The van der Waals surface area contributed by atoms with Crippen LogP contribution in [0.1, 0.15) is 0 Å². The van der Waals surface area contributed by atoms with Crippen molar-refractivity contribution < 1.29 is 8.78 Å². The van der Waals surface area contributed by atoms with Crippen LogP contribution in [0.25, 0.3) is 0 Å². The molecule has 2 rings (SSSR count). The van der Waals surface area contributed by atoms with Gasteiger partial charge in [0.05, 0.1) is 10.2 Å². The molecule has 0 amide bonds. The monoisotopic (exact) mass is 363 g/mol. The third kappa shape index (κ3) is 3.31. The van der Waals surface area contributed by atoms with Crippen LogP contribution < -0.4 is 10.2 Å². The highest BCUT2D eigenvalue weighted by atomic mass is 79.9. The van der Waals surface area contributed by atoms with E-state index in [0.717, 1.165) is 12.1 Å². The van der Waals surface area contributed by atoms with E-state index in [4.69, 9.17) is 11.6 Å². The molecular formula is C11H9BrClF2N5. The van der Waals surface area contributed by atoms with Gasteiger partial charge in [-0.2, -0.15) is 15.0 Å². The molecule has 9 heteroatoms. The summed E-state index contributed by atoms with van der Waals surface area (Å²) in [5.74, 6) is -0.942. The van der Waals surface area contributed by atoms with Crippen molar-refractivity contribution in [3.63, 3.8) is 0 Å². The quantitative estimate of drug-likeness (QED) is 0.846. The average molecular weight is 365 g/mol. The van der Waals surface area contributed by atoms with E-state index in [1.54, 1.807) is 19.0 Å². The summed E-state index contributed by atoms with van der Waals surface area (Å²) in [7, 11) is 3.44. The third-order valence-electron chi connectivity index (χ3n) is 2.25. The number of aromatic nitrogens is 3. The van der Waals surface area contributed by atoms with Gasteiger partial charge in [0, 0.05) is 20.2 Å². The van der Waals surface area contributed by atoms with Gasteiger partial charge in [0.25, 0.3) is 0 Å². The molecule has 0 unspecified atom stereocenters. The Hall–Kier alpha value is -1.54.